The van der Waals surface area contributed by atoms with Crippen LogP contribution in [-0.4, -0.2) is 47.3 Å². The van der Waals surface area contributed by atoms with Crippen molar-refractivity contribution in [2.24, 2.45) is 0 Å². The number of aliphatic hydroxyl groups is 1. The molecule has 2 fully saturated rings. The molecule has 21 heavy (non-hydrogen) atoms. The fourth-order valence-corrected chi connectivity index (χ4v) is 4.59. The molecule has 2 aliphatic carbocycles. The molecule has 2 atom stereocenters. The van der Waals surface area contributed by atoms with Crippen LogP contribution in [0.2, 0.25) is 0 Å². The molecule has 0 spiro atoms. The Hall–Kier alpha value is -0.120. The Morgan fingerprint density at radius 3 is 2.38 bits per heavy atom. The highest BCUT2D eigenvalue weighted by atomic mass is 16.3. The second kappa shape index (κ2) is 8.50. The summed E-state index contributed by atoms with van der Waals surface area (Å²) < 4.78 is 0. The summed E-state index contributed by atoms with van der Waals surface area (Å²) in [5.41, 5.74) is -0.0129. The van der Waals surface area contributed by atoms with Crippen LogP contribution in [0.25, 0.3) is 0 Å². The van der Waals surface area contributed by atoms with Gasteiger partial charge in [-0.05, 0) is 58.0 Å². The van der Waals surface area contributed by atoms with Gasteiger partial charge in [0.15, 0.2) is 0 Å². The second-order valence-corrected chi connectivity index (χ2v) is 7.24. The summed E-state index contributed by atoms with van der Waals surface area (Å²) >= 11 is 0. The van der Waals surface area contributed by atoms with Crippen molar-refractivity contribution in [1.82, 2.24) is 10.2 Å². The number of hydrogen-bond acceptors (Lipinski definition) is 3. The molecule has 2 saturated carbocycles. The molecule has 0 saturated heterocycles. The Bertz CT molecular complexity index is 291. The fraction of sp³-hybridized carbons (Fsp3) is 1.00. The molecule has 2 unspecified atom stereocenters. The predicted molar refractivity (Wildman–Crippen MR) is 89.6 cm³/mol. The minimum absolute atomic E-state index is 0.0129. The van der Waals surface area contributed by atoms with Crippen LogP contribution in [0, 0.1) is 0 Å². The van der Waals surface area contributed by atoms with Crippen molar-refractivity contribution in [2.45, 2.75) is 95.7 Å². The van der Waals surface area contributed by atoms with E-state index in [1.165, 1.54) is 51.5 Å². The minimum atomic E-state index is -0.0129. The molecule has 124 valence electrons. The number of hydrogen-bond donors (Lipinski definition) is 2. The fourth-order valence-electron chi connectivity index (χ4n) is 4.59. The maximum absolute atomic E-state index is 9.97. The van der Waals surface area contributed by atoms with Crippen LogP contribution in [-0.2, 0) is 0 Å². The van der Waals surface area contributed by atoms with Crippen LogP contribution < -0.4 is 5.32 Å². The van der Waals surface area contributed by atoms with E-state index in [0.29, 0.717) is 12.6 Å². The highest BCUT2D eigenvalue weighted by molar-refractivity contribution is 4.97. The van der Waals surface area contributed by atoms with Gasteiger partial charge < -0.3 is 10.4 Å². The first-order valence-corrected chi connectivity index (χ1v) is 9.36. The van der Waals surface area contributed by atoms with Crippen LogP contribution in [0.3, 0.4) is 0 Å². The number of nitrogens with zero attached hydrogens (tertiary/aromatic N) is 1. The van der Waals surface area contributed by atoms with Crippen LogP contribution in [0.1, 0.15) is 78.1 Å². The molecule has 0 amide bonds. The van der Waals surface area contributed by atoms with Crippen molar-refractivity contribution in [2.75, 3.05) is 19.7 Å². The molecule has 0 radical (unpaired) electrons. The second-order valence-electron chi connectivity index (χ2n) is 7.24. The molecule has 0 bridgehead atoms. The third kappa shape index (κ3) is 4.43. The molecule has 0 aromatic carbocycles. The molecule has 0 aromatic rings. The van der Waals surface area contributed by atoms with Gasteiger partial charge in [-0.25, -0.2) is 0 Å². The molecule has 0 heterocycles. The zero-order valence-electron chi connectivity index (χ0n) is 14.2. The van der Waals surface area contributed by atoms with Crippen molar-refractivity contribution in [3.05, 3.63) is 0 Å². The van der Waals surface area contributed by atoms with Gasteiger partial charge in [-0.2, -0.15) is 0 Å². The predicted octanol–water partition coefficient (Wildman–Crippen LogP) is 3.31. The summed E-state index contributed by atoms with van der Waals surface area (Å²) in [5, 5.41) is 13.6. The zero-order chi connectivity index (χ0) is 15.1. The monoisotopic (exact) mass is 296 g/mol. The molecule has 3 heteroatoms. The van der Waals surface area contributed by atoms with Gasteiger partial charge in [-0.1, -0.05) is 33.1 Å². The van der Waals surface area contributed by atoms with Crippen molar-refractivity contribution in [3.63, 3.8) is 0 Å². The van der Waals surface area contributed by atoms with Gasteiger partial charge >= 0.3 is 0 Å². The Morgan fingerprint density at radius 2 is 1.76 bits per heavy atom. The lowest BCUT2D eigenvalue weighted by Crippen LogP contribution is -2.57. The first kappa shape index (κ1) is 17.2. The Balaban J connectivity index is 1.99. The van der Waals surface area contributed by atoms with Gasteiger partial charge in [0.05, 0.1) is 6.61 Å². The lowest BCUT2D eigenvalue weighted by Gasteiger charge is -2.47. The molecule has 2 N–H and O–H groups in total. The maximum Gasteiger partial charge on any atom is 0.0613 e. The van der Waals surface area contributed by atoms with Crippen molar-refractivity contribution in [3.8, 4) is 0 Å². The summed E-state index contributed by atoms with van der Waals surface area (Å²) in [6.07, 6.45) is 13.0. The van der Waals surface area contributed by atoms with E-state index in [1.807, 2.05) is 0 Å². The third-order valence-electron chi connectivity index (χ3n) is 5.75. The number of nitrogens with one attached hydrogen (secondary N) is 1. The largest absolute Gasteiger partial charge is 0.394 e. The highest BCUT2D eigenvalue weighted by Gasteiger charge is 2.38. The van der Waals surface area contributed by atoms with Crippen molar-refractivity contribution >= 4 is 0 Å². The molecule has 0 aromatic heterocycles. The first-order valence-electron chi connectivity index (χ1n) is 9.36. The van der Waals surface area contributed by atoms with Crippen molar-refractivity contribution in [1.29, 1.82) is 0 Å². The quantitative estimate of drug-likeness (QED) is 0.756. The number of rotatable bonds is 7. The Labute approximate surface area is 131 Å². The number of aliphatic hydroxyl groups excluding tert-OH is 1. The smallest absolute Gasteiger partial charge is 0.0613 e. The molecular weight excluding hydrogens is 260 g/mol. The topological polar surface area (TPSA) is 35.5 Å². The lowest BCUT2D eigenvalue weighted by atomic mass is 9.77. The zero-order valence-corrected chi connectivity index (χ0v) is 14.2. The molecule has 0 aliphatic heterocycles. The summed E-state index contributed by atoms with van der Waals surface area (Å²) in [7, 11) is 0. The molecule has 2 aliphatic rings. The first-order chi connectivity index (χ1) is 10.2. The average Bonchev–Trinajstić information content (AvgIpc) is 2.55. The molecule has 3 nitrogen and oxygen atoms in total. The van der Waals surface area contributed by atoms with Gasteiger partial charge in [0.1, 0.15) is 0 Å². The molecular formula is C18H36N2O. The summed E-state index contributed by atoms with van der Waals surface area (Å²) in [6.45, 7) is 7.03. The maximum atomic E-state index is 9.97. The SMILES string of the molecule is CCCNC1(CO)CCCC(N(CC)C2CCCCC2)C1. The van der Waals surface area contributed by atoms with E-state index in [9.17, 15) is 5.11 Å². The van der Waals surface area contributed by atoms with Gasteiger partial charge in [-0.3, -0.25) is 4.90 Å². The van der Waals surface area contributed by atoms with Crippen molar-refractivity contribution < 1.29 is 5.11 Å². The van der Waals surface area contributed by atoms with E-state index in [-0.39, 0.29) is 5.54 Å². The van der Waals surface area contributed by atoms with E-state index >= 15 is 0 Å². The summed E-state index contributed by atoms with van der Waals surface area (Å²) in [4.78, 5) is 2.77. The summed E-state index contributed by atoms with van der Waals surface area (Å²) in [6, 6.07) is 1.47. The average molecular weight is 296 g/mol. The van der Waals surface area contributed by atoms with E-state index < -0.39 is 0 Å². The normalized spacial score (nSPS) is 31.7. The Morgan fingerprint density at radius 1 is 1.05 bits per heavy atom. The van der Waals surface area contributed by atoms with E-state index in [1.54, 1.807) is 0 Å². The van der Waals surface area contributed by atoms with Gasteiger partial charge in [-0.15, -0.1) is 0 Å². The molecule has 2 rings (SSSR count). The van der Waals surface area contributed by atoms with Gasteiger partial charge in [0.2, 0.25) is 0 Å². The highest BCUT2D eigenvalue weighted by Crippen LogP contribution is 2.34. The third-order valence-corrected chi connectivity index (χ3v) is 5.75. The van der Waals surface area contributed by atoms with E-state index in [4.69, 9.17) is 0 Å². The van der Waals surface area contributed by atoms with Gasteiger partial charge in [0, 0.05) is 17.6 Å². The van der Waals surface area contributed by atoms with Crippen LogP contribution >= 0.6 is 0 Å². The Kier molecular flexibility index (Phi) is 6.97. The summed E-state index contributed by atoms with van der Waals surface area (Å²) in [5.74, 6) is 0. The standard InChI is InChI=1S/C18H36N2O/c1-3-13-19-18(15-21)12-8-11-17(14-18)20(4-2)16-9-6-5-7-10-16/h16-17,19,21H,3-15H2,1-2H3. The van der Waals surface area contributed by atoms with E-state index in [0.717, 1.165) is 31.8 Å². The van der Waals surface area contributed by atoms with Gasteiger partial charge in [0.25, 0.3) is 0 Å². The lowest BCUT2D eigenvalue weighted by molar-refractivity contribution is 0.0316. The van der Waals surface area contributed by atoms with Crippen LogP contribution in [0.4, 0.5) is 0 Å². The van der Waals surface area contributed by atoms with Crippen LogP contribution in [0.5, 0.6) is 0 Å². The van der Waals surface area contributed by atoms with Crippen LogP contribution in [0.15, 0.2) is 0 Å². The minimum Gasteiger partial charge on any atom is -0.394 e. The van der Waals surface area contributed by atoms with E-state index in [2.05, 4.69) is 24.1 Å².